The van der Waals surface area contributed by atoms with E-state index in [0.717, 1.165) is 88.1 Å². The van der Waals surface area contributed by atoms with Gasteiger partial charge in [-0.05, 0) is 280 Å². The molecular formula is C110H138ClF4N9O. The van der Waals surface area contributed by atoms with E-state index in [-0.39, 0.29) is 49.6 Å². The molecule has 0 unspecified atom stereocenters. The first-order valence-electron chi connectivity index (χ1n) is 44.5. The van der Waals surface area contributed by atoms with Crippen molar-refractivity contribution in [3.63, 3.8) is 0 Å². The van der Waals surface area contributed by atoms with Gasteiger partial charge in [0.2, 0.25) is 0 Å². The van der Waals surface area contributed by atoms with E-state index < -0.39 is 17.2 Å². The lowest BCUT2D eigenvalue weighted by Gasteiger charge is -2.30. The number of carbonyl (C=O) groups excluding carboxylic acids is 1. The molecule has 2 aliphatic heterocycles. The molecule has 0 atom stereocenters. The van der Waals surface area contributed by atoms with Crippen LogP contribution in [0.25, 0.3) is 76.2 Å². The number of aryl methyl sites for hydroxylation is 2. The number of amides is 1. The maximum atomic E-state index is 13.7. The Kier molecular flexibility index (Phi) is 29.7. The van der Waals surface area contributed by atoms with Gasteiger partial charge in [0, 0.05) is 140 Å². The molecule has 6 N–H and O–H groups in total. The van der Waals surface area contributed by atoms with E-state index in [2.05, 4.69) is 295 Å². The minimum atomic E-state index is -4.31. The summed E-state index contributed by atoms with van der Waals surface area (Å²) in [6, 6.07) is 50.7. The molecule has 10 nitrogen and oxygen atoms in total. The number of carbonyl (C=O) groups is 1. The largest absolute Gasteiger partial charge is 0.416 e. The van der Waals surface area contributed by atoms with Crippen LogP contribution in [0.15, 0.2) is 200 Å². The Morgan fingerprint density at radius 3 is 1.32 bits per heavy atom. The molecular weight excluding hydrogens is 1570 g/mol. The van der Waals surface area contributed by atoms with Gasteiger partial charge in [-0.3, -0.25) is 14.8 Å². The highest BCUT2D eigenvalue weighted by molar-refractivity contribution is 6.32. The van der Waals surface area contributed by atoms with E-state index in [4.69, 9.17) is 11.6 Å². The summed E-state index contributed by atoms with van der Waals surface area (Å²) in [6.45, 7) is 62.2. The number of halogens is 5. The van der Waals surface area contributed by atoms with Crippen molar-refractivity contribution in [1.82, 2.24) is 39.8 Å². The minimum absolute atomic E-state index is 0.0477. The molecule has 15 aromatic rings. The number of nitrogens with zero attached hydrogens (tertiary/aromatic N) is 3. The zero-order valence-corrected chi connectivity index (χ0v) is 80.5. The number of hydrogen-bond donors (Lipinski definition) is 6. The maximum absolute atomic E-state index is 13.7. The predicted molar refractivity (Wildman–Crippen MR) is 527 cm³/mol. The third kappa shape index (κ3) is 24.4. The number of benzene rings is 8. The maximum Gasteiger partial charge on any atom is 0.416 e. The number of fused-ring (bicyclic) bond motifs is 8. The molecule has 0 radical (unpaired) electrons. The van der Waals surface area contributed by atoms with Gasteiger partial charge < -0.3 is 34.8 Å². The van der Waals surface area contributed by atoms with Gasteiger partial charge in [-0.25, -0.2) is 4.39 Å². The molecule has 0 spiro atoms. The number of alkyl halides is 3. The quantitative estimate of drug-likeness (QED) is 0.0981. The molecule has 7 aromatic heterocycles. The molecule has 8 aromatic carbocycles. The first-order valence-corrected chi connectivity index (χ1v) is 44.9. The van der Waals surface area contributed by atoms with Crippen molar-refractivity contribution >= 4 is 106 Å². The SMILES string of the molecule is CC(C)(C)c1cc2[nH]ccc2cc1C(F)(F)F.CC(C)(C)c1cc2[nH]ccc2cc1Cl.CC(C)(C)c1cc2[nH]ccc2cc1F.CC(C)(C)c1cc2c(cc1C(=O)N1CCCCC1)CC=N2.CC(C)(C)c1cc2cc[nH]c2cc1C(C)(C)C.CC(C)c1cc2ccccc2cn1.CCc1cc2cc[nH]c2cc1C(C)(C)C.Cc1c[nH]c2cccc(C(C)(C)C)c12. The fourth-order valence-corrected chi connectivity index (χ4v) is 16.8. The highest BCUT2D eigenvalue weighted by Crippen LogP contribution is 2.43. The summed E-state index contributed by atoms with van der Waals surface area (Å²) in [5, 5.41) is 10.0. The zero-order chi connectivity index (χ0) is 92.1. The van der Waals surface area contributed by atoms with E-state index >= 15 is 0 Å². The van der Waals surface area contributed by atoms with Gasteiger partial charge in [0.05, 0.1) is 11.3 Å². The third-order valence-electron chi connectivity index (χ3n) is 23.4. The zero-order valence-electron chi connectivity index (χ0n) is 79.7. The van der Waals surface area contributed by atoms with Crippen molar-refractivity contribution < 1.29 is 22.4 Å². The van der Waals surface area contributed by atoms with Crippen LogP contribution in [0.3, 0.4) is 0 Å². The summed E-state index contributed by atoms with van der Waals surface area (Å²) in [7, 11) is 0. The lowest BCUT2D eigenvalue weighted by Crippen LogP contribution is -2.37. The number of rotatable bonds is 3. The monoisotopic (exact) mass is 1710 g/mol. The van der Waals surface area contributed by atoms with Crippen LogP contribution in [-0.4, -0.2) is 65.0 Å². The fourth-order valence-electron chi connectivity index (χ4n) is 16.4. The van der Waals surface area contributed by atoms with Crippen LogP contribution in [-0.2, 0) is 62.3 Å². The summed E-state index contributed by atoms with van der Waals surface area (Å²) in [5.41, 5.74) is 22.5. The topological polar surface area (TPSA) is 140 Å². The van der Waals surface area contributed by atoms with E-state index in [1.165, 1.54) is 112 Å². The summed E-state index contributed by atoms with van der Waals surface area (Å²) < 4.78 is 52.7. The molecule has 0 aliphatic carbocycles. The van der Waals surface area contributed by atoms with Crippen molar-refractivity contribution in [1.29, 1.82) is 0 Å². The van der Waals surface area contributed by atoms with Crippen molar-refractivity contribution in [3.05, 3.63) is 284 Å². The molecule has 0 saturated carbocycles. The van der Waals surface area contributed by atoms with Crippen molar-refractivity contribution in [2.75, 3.05) is 13.1 Å². The van der Waals surface area contributed by atoms with Crippen LogP contribution in [0, 0.1) is 12.7 Å². The molecule has 1 amide bonds. The normalized spacial score (nSPS) is 13.4. The van der Waals surface area contributed by atoms with Crippen LogP contribution < -0.4 is 0 Å². The first kappa shape index (κ1) is 96.8. The van der Waals surface area contributed by atoms with E-state index in [0.29, 0.717) is 16.9 Å². The van der Waals surface area contributed by atoms with E-state index in [9.17, 15) is 22.4 Å². The number of piperidine rings is 1. The van der Waals surface area contributed by atoms with Crippen molar-refractivity contribution in [2.45, 2.75) is 281 Å². The Bertz CT molecular complexity index is 5930. The molecule has 0 bridgehead atoms. The van der Waals surface area contributed by atoms with Crippen LogP contribution >= 0.6 is 11.6 Å². The van der Waals surface area contributed by atoms with Gasteiger partial charge in [0.15, 0.2) is 0 Å². The van der Waals surface area contributed by atoms with Crippen LogP contribution in [0.1, 0.15) is 295 Å². The Balaban J connectivity index is 0.000000150. The number of nitrogens with one attached hydrogen (secondary N) is 6. The summed E-state index contributed by atoms with van der Waals surface area (Å²) >= 11 is 6.23. The molecule has 1 saturated heterocycles. The second kappa shape index (κ2) is 38.4. The smallest absolute Gasteiger partial charge is 0.361 e. The Hall–Kier alpha value is -10.4. The van der Waals surface area contributed by atoms with Gasteiger partial charge in [-0.1, -0.05) is 235 Å². The number of aliphatic imine (C=N–C) groups is 1. The summed E-state index contributed by atoms with van der Waals surface area (Å²) in [6.07, 6.45) is 16.6. The Morgan fingerprint density at radius 2 is 0.848 bits per heavy atom. The lowest BCUT2D eigenvalue weighted by molar-refractivity contribution is -0.138. The third-order valence-corrected chi connectivity index (χ3v) is 23.7. The summed E-state index contributed by atoms with van der Waals surface area (Å²) in [4.78, 5) is 43.0. The van der Waals surface area contributed by atoms with Crippen molar-refractivity contribution in [3.8, 4) is 0 Å². The van der Waals surface area contributed by atoms with E-state index in [1.54, 1.807) is 45.2 Å². The van der Waals surface area contributed by atoms with Gasteiger partial charge in [0.1, 0.15) is 5.82 Å². The molecule has 9 heterocycles. The Morgan fingerprint density at radius 1 is 0.424 bits per heavy atom. The van der Waals surface area contributed by atoms with E-state index in [1.807, 2.05) is 93.2 Å². The number of aromatic nitrogens is 7. The molecule has 125 heavy (non-hydrogen) atoms. The molecule has 15 heteroatoms. The molecule has 664 valence electrons. The first-order chi connectivity index (χ1) is 58.1. The molecule has 1 fully saturated rings. The Labute approximate surface area is 746 Å². The second-order valence-corrected chi connectivity index (χ2v) is 42.8. The number of aromatic amines is 6. The standard InChI is InChI=1S/C18H24N2O.C16H23N.C14H19N.C13H14F3N.C13H17N.C12H14ClN.C12H14FN.C12H13N/c1-18(2,3)15-12-16-13(7-8-19-16)11-14(15)17(21)20-9-5-4-6-10-20;1-15(2,3)12-9-11-7-8-17-14(11)10-13(12)16(4,5)6;1-5-10-8-11-6-7-15-13(11)9-12(10)14(2,3)4;1-12(2,3)9-7-11-8(4-5-17-11)6-10(9)13(14,15)16;1-9-8-14-11-7-5-6-10(12(9)11)13(2,3)4;2*1-12(2,3)9-7-11-8(4-5-14-11)6-10(9)13;1-9(2)12-7-10-5-3-4-6-11(10)8-13-12/h8,11-12H,4-7,9-10H2,1-3H3;7-10,17H,1-6H3;6-9,15H,5H2,1-4H3;4-7,17H,1-3H3;5-8,14H,1-4H3;2*4-7,14H,1-3H3;3-9H,1-2H3. The minimum Gasteiger partial charge on any atom is -0.361 e. The number of H-pyrrole nitrogens is 6. The highest BCUT2D eigenvalue weighted by Gasteiger charge is 2.37. The fraction of sp³-hybridized carbons (Fsp3) is 0.409. The predicted octanol–water partition coefficient (Wildman–Crippen LogP) is 32.0. The van der Waals surface area contributed by atoms with Gasteiger partial charge in [-0.15, -0.1) is 0 Å². The van der Waals surface area contributed by atoms with Gasteiger partial charge in [0.25, 0.3) is 5.91 Å². The average molecular weight is 1710 g/mol. The summed E-state index contributed by atoms with van der Waals surface area (Å²) in [5.74, 6) is 0.587. The number of hydrogen-bond acceptors (Lipinski definition) is 3. The number of pyridine rings is 1. The number of likely N-dealkylation sites (tertiary alicyclic amines) is 1. The molecule has 2 aliphatic rings. The molecule has 17 rings (SSSR count). The van der Waals surface area contributed by atoms with Gasteiger partial charge in [-0.2, -0.15) is 13.2 Å². The van der Waals surface area contributed by atoms with Crippen LogP contribution in [0.5, 0.6) is 0 Å². The lowest BCUT2D eigenvalue weighted by atomic mass is 9.75. The van der Waals surface area contributed by atoms with Crippen molar-refractivity contribution in [2.24, 2.45) is 4.99 Å². The highest BCUT2D eigenvalue weighted by atomic mass is 35.5. The van der Waals surface area contributed by atoms with Crippen LogP contribution in [0.4, 0.5) is 23.2 Å². The average Bonchev–Trinajstić information content (AvgIpc) is 1.60. The second-order valence-electron chi connectivity index (χ2n) is 42.4. The van der Waals surface area contributed by atoms with Gasteiger partial charge >= 0.3 is 6.18 Å². The van der Waals surface area contributed by atoms with Crippen LogP contribution in [0.2, 0.25) is 5.02 Å².